The van der Waals surface area contributed by atoms with Gasteiger partial charge in [0.15, 0.2) is 0 Å². The van der Waals surface area contributed by atoms with Crippen molar-refractivity contribution in [3.05, 3.63) is 0 Å². The van der Waals surface area contributed by atoms with Crippen LogP contribution in [0.15, 0.2) is 0 Å². The molecule has 10 N–H and O–H groups in total. The Balaban J connectivity index is 5.51. The van der Waals surface area contributed by atoms with Gasteiger partial charge in [0.2, 0.25) is 17.7 Å². The summed E-state index contributed by atoms with van der Waals surface area (Å²) in [5, 5.41) is 51.9. The summed E-state index contributed by atoms with van der Waals surface area (Å²) in [4.78, 5) is 69.7. The fraction of sp³-hybridized carbons (Fsp3) is 0.647. The molecule has 0 aromatic heterocycles. The first-order valence-corrected chi connectivity index (χ1v) is 9.36. The Morgan fingerprint density at radius 3 is 1.69 bits per heavy atom. The molecule has 15 heteroatoms. The molecule has 0 heterocycles. The minimum absolute atomic E-state index is 0.440. The van der Waals surface area contributed by atoms with E-state index in [1.807, 2.05) is 5.32 Å². The molecule has 0 aromatic carbocycles. The van der Waals surface area contributed by atoms with Crippen molar-refractivity contribution in [2.75, 3.05) is 0 Å². The van der Waals surface area contributed by atoms with Gasteiger partial charge in [0.05, 0.1) is 18.6 Å². The SMILES string of the molecule is CC(O)C(N)C(=O)NC(CCC(=O)O)C(=O)NC(C(=O)NC(CC(=O)O)C(=O)O)C(C)O. The third-order valence-electron chi connectivity index (χ3n) is 4.16. The minimum Gasteiger partial charge on any atom is -0.481 e. The van der Waals surface area contributed by atoms with Gasteiger partial charge in [-0.3, -0.25) is 24.0 Å². The molecular formula is C17H28N4O11. The van der Waals surface area contributed by atoms with Crippen LogP contribution in [0.3, 0.4) is 0 Å². The molecule has 0 saturated carbocycles. The van der Waals surface area contributed by atoms with Gasteiger partial charge in [0.25, 0.3) is 0 Å². The molecule has 182 valence electrons. The second-order valence-corrected chi connectivity index (χ2v) is 6.98. The van der Waals surface area contributed by atoms with Crippen LogP contribution >= 0.6 is 0 Å². The zero-order valence-corrected chi connectivity index (χ0v) is 17.3. The summed E-state index contributed by atoms with van der Waals surface area (Å²) >= 11 is 0. The molecule has 6 unspecified atom stereocenters. The molecule has 0 rings (SSSR count). The normalized spacial score (nSPS) is 16.4. The van der Waals surface area contributed by atoms with Crippen LogP contribution in [0.1, 0.15) is 33.1 Å². The zero-order chi connectivity index (χ0) is 25.2. The molecule has 6 atom stereocenters. The van der Waals surface area contributed by atoms with Gasteiger partial charge in [-0.05, 0) is 20.3 Å². The molecule has 3 amide bonds. The van der Waals surface area contributed by atoms with Gasteiger partial charge in [-0.25, -0.2) is 4.79 Å². The van der Waals surface area contributed by atoms with Crippen molar-refractivity contribution in [2.24, 2.45) is 5.73 Å². The predicted molar refractivity (Wildman–Crippen MR) is 104 cm³/mol. The Bertz CT molecular complexity index is 725. The van der Waals surface area contributed by atoms with Gasteiger partial charge < -0.3 is 47.2 Å². The second kappa shape index (κ2) is 13.2. The van der Waals surface area contributed by atoms with Crippen molar-refractivity contribution < 1.29 is 54.3 Å². The van der Waals surface area contributed by atoms with E-state index >= 15 is 0 Å². The molecule has 0 radical (unpaired) electrons. The van der Waals surface area contributed by atoms with Crippen molar-refractivity contribution in [1.82, 2.24) is 16.0 Å². The number of carbonyl (C=O) groups excluding carboxylic acids is 3. The Labute approximate surface area is 182 Å². The van der Waals surface area contributed by atoms with E-state index in [1.165, 1.54) is 6.92 Å². The van der Waals surface area contributed by atoms with E-state index in [0.29, 0.717) is 0 Å². The highest BCUT2D eigenvalue weighted by atomic mass is 16.4. The van der Waals surface area contributed by atoms with Gasteiger partial charge >= 0.3 is 17.9 Å². The number of aliphatic carboxylic acids is 3. The van der Waals surface area contributed by atoms with Crippen LogP contribution in [0.2, 0.25) is 0 Å². The number of nitrogens with two attached hydrogens (primary N) is 1. The van der Waals surface area contributed by atoms with Gasteiger partial charge in [-0.1, -0.05) is 0 Å². The fourth-order valence-electron chi connectivity index (χ4n) is 2.32. The minimum atomic E-state index is -1.86. The van der Waals surface area contributed by atoms with Crippen molar-refractivity contribution in [1.29, 1.82) is 0 Å². The van der Waals surface area contributed by atoms with Gasteiger partial charge in [0.1, 0.15) is 24.2 Å². The van der Waals surface area contributed by atoms with E-state index in [4.69, 9.17) is 21.1 Å². The summed E-state index contributed by atoms with van der Waals surface area (Å²) in [5.74, 6) is -7.83. The number of hydrogen-bond donors (Lipinski definition) is 9. The summed E-state index contributed by atoms with van der Waals surface area (Å²) in [5.41, 5.74) is 5.47. The Morgan fingerprint density at radius 1 is 0.750 bits per heavy atom. The quantitative estimate of drug-likeness (QED) is 0.119. The van der Waals surface area contributed by atoms with E-state index in [-0.39, 0.29) is 0 Å². The average molecular weight is 464 g/mol. The van der Waals surface area contributed by atoms with E-state index < -0.39 is 91.3 Å². The molecular weight excluding hydrogens is 436 g/mol. The zero-order valence-electron chi connectivity index (χ0n) is 17.3. The van der Waals surface area contributed by atoms with Crippen LogP contribution in [-0.2, 0) is 28.8 Å². The largest absolute Gasteiger partial charge is 0.481 e. The summed E-state index contributed by atoms with van der Waals surface area (Å²) in [6.45, 7) is 2.28. The van der Waals surface area contributed by atoms with Crippen LogP contribution in [0.4, 0.5) is 0 Å². The highest BCUT2D eigenvalue weighted by Crippen LogP contribution is 2.04. The summed E-state index contributed by atoms with van der Waals surface area (Å²) in [7, 11) is 0. The predicted octanol–water partition coefficient (Wildman–Crippen LogP) is -4.05. The molecule has 0 aliphatic heterocycles. The van der Waals surface area contributed by atoms with Crippen LogP contribution in [0.5, 0.6) is 0 Å². The van der Waals surface area contributed by atoms with E-state index in [9.17, 15) is 39.0 Å². The summed E-state index contributed by atoms with van der Waals surface area (Å²) in [6.07, 6.45) is -4.88. The van der Waals surface area contributed by atoms with E-state index in [1.54, 1.807) is 0 Å². The number of carbonyl (C=O) groups is 6. The first kappa shape index (κ1) is 28.7. The third kappa shape index (κ3) is 10.1. The van der Waals surface area contributed by atoms with Gasteiger partial charge in [-0.15, -0.1) is 0 Å². The first-order chi connectivity index (χ1) is 14.7. The maximum atomic E-state index is 12.6. The van der Waals surface area contributed by atoms with Crippen LogP contribution in [-0.4, -0.2) is 97.5 Å². The Hall–Kier alpha value is -3.30. The lowest BCUT2D eigenvalue weighted by molar-refractivity contribution is -0.148. The number of amides is 3. The smallest absolute Gasteiger partial charge is 0.326 e. The van der Waals surface area contributed by atoms with Crippen LogP contribution < -0.4 is 21.7 Å². The first-order valence-electron chi connectivity index (χ1n) is 9.36. The van der Waals surface area contributed by atoms with Gasteiger partial charge in [-0.2, -0.15) is 0 Å². The number of aliphatic hydroxyl groups is 2. The molecule has 0 aliphatic carbocycles. The van der Waals surface area contributed by atoms with Crippen molar-refractivity contribution in [3.8, 4) is 0 Å². The van der Waals surface area contributed by atoms with Crippen molar-refractivity contribution in [3.63, 3.8) is 0 Å². The van der Waals surface area contributed by atoms with Crippen LogP contribution in [0.25, 0.3) is 0 Å². The lowest BCUT2D eigenvalue weighted by atomic mass is 10.1. The standard InChI is InChI=1S/C17H28N4O11/c1-6(22)12(18)15(29)19-8(3-4-10(24)25)14(28)21-13(7(2)23)16(30)20-9(17(31)32)5-11(26)27/h6-9,12-13,22-23H,3-5,18H2,1-2H3,(H,19,29)(H,20,30)(H,21,28)(H,24,25)(H,26,27)(H,31,32). The lowest BCUT2D eigenvalue weighted by Gasteiger charge is -2.26. The molecule has 0 bridgehead atoms. The fourth-order valence-corrected chi connectivity index (χ4v) is 2.32. The topological polar surface area (TPSA) is 266 Å². The number of rotatable bonds is 14. The number of nitrogens with one attached hydrogen (secondary N) is 3. The molecule has 32 heavy (non-hydrogen) atoms. The van der Waals surface area contributed by atoms with Crippen LogP contribution in [0, 0.1) is 0 Å². The van der Waals surface area contributed by atoms with Crippen molar-refractivity contribution in [2.45, 2.75) is 69.5 Å². The second-order valence-electron chi connectivity index (χ2n) is 6.98. The Morgan fingerprint density at radius 2 is 1.28 bits per heavy atom. The van der Waals surface area contributed by atoms with Gasteiger partial charge in [0, 0.05) is 6.42 Å². The molecule has 0 aromatic rings. The molecule has 0 fully saturated rings. The summed E-state index contributed by atoms with van der Waals surface area (Å²) in [6, 6.07) is -6.61. The average Bonchev–Trinajstić information content (AvgIpc) is 2.66. The van der Waals surface area contributed by atoms with Crippen molar-refractivity contribution >= 4 is 35.6 Å². The lowest BCUT2D eigenvalue weighted by Crippen LogP contribution is -2.60. The highest BCUT2D eigenvalue weighted by molar-refractivity contribution is 5.95. The molecule has 15 nitrogen and oxygen atoms in total. The maximum absolute atomic E-state index is 12.6. The van der Waals surface area contributed by atoms with E-state index in [2.05, 4.69) is 10.6 Å². The number of carboxylic acid groups (broad SMARTS) is 3. The molecule has 0 aliphatic rings. The summed E-state index contributed by atoms with van der Waals surface area (Å²) < 4.78 is 0. The number of aliphatic hydroxyl groups excluding tert-OH is 2. The number of hydrogen-bond acceptors (Lipinski definition) is 9. The Kier molecular flexibility index (Phi) is 11.8. The monoisotopic (exact) mass is 464 g/mol. The third-order valence-corrected chi connectivity index (χ3v) is 4.16. The van der Waals surface area contributed by atoms with E-state index in [0.717, 1.165) is 6.92 Å². The maximum Gasteiger partial charge on any atom is 0.326 e. The molecule has 0 saturated heterocycles. The number of carboxylic acids is 3. The highest BCUT2D eigenvalue weighted by Gasteiger charge is 2.33. The molecule has 0 spiro atoms.